The molecule has 1 aromatic carbocycles. The molecule has 0 heterocycles. The monoisotopic (exact) mass is 250 g/mol. The maximum Gasteiger partial charge on any atom is 0.244 e. The third-order valence-corrected chi connectivity index (χ3v) is 2.88. The van der Waals surface area contributed by atoms with Crippen molar-refractivity contribution in [3.63, 3.8) is 0 Å². The lowest BCUT2D eigenvalue weighted by Gasteiger charge is -2.25. The summed E-state index contributed by atoms with van der Waals surface area (Å²) in [5, 5.41) is 15.8. The van der Waals surface area contributed by atoms with Crippen LogP contribution in [0.15, 0.2) is 12.1 Å². The van der Waals surface area contributed by atoms with E-state index in [0.717, 1.165) is 11.1 Å². The fraction of sp³-hybridized carbons (Fsp3) is 0.500. The van der Waals surface area contributed by atoms with E-state index in [-0.39, 0.29) is 11.7 Å². The normalized spacial score (nSPS) is 11.4. The molecular weight excluding hydrogens is 228 g/mol. The van der Waals surface area contributed by atoms with Gasteiger partial charge in [-0.25, -0.2) is 0 Å². The van der Waals surface area contributed by atoms with Crippen LogP contribution in [0.3, 0.4) is 0 Å². The smallest absolute Gasteiger partial charge is 0.244 e. The number of aryl methyl sites for hydroxylation is 2. The molecule has 0 unspecified atom stereocenters. The van der Waals surface area contributed by atoms with Crippen LogP contribution in [0.25, 0.3) is 0 Å². The fourth-order valence-corrected chi connectivity index (χ4v) is 1.86. The number of anilines is 1. The van der Waals surface area contributed by atoms with E-state index in [1.807, 2.05) is 40.7 Å². The van der Waals surface area contributed by atoms with E-state index < -0.39 is 5.54 Å². The Kier molecular flexibility index (Phi) is 4.35. The highest BCUT2D eigenvalue weighted by atomic mass is 16.3. The van der Waals surface area contributed by atoms with Crippen LogP contribution in [0.2, 0.25) is 0 Å². The summed E-state index contributed by atoms with van der Waals surface area (Å²) in [7, 11) is 0. The number of rotatable bonds is 4. The molecule has 0 radical (unpaired) electrons. The molecule has 0 saturated carbocycles. The maximum atomic E-state index is 12.1. The van der Waals surface area contributed by atoms with Crippen molar-refractivity contribution < 1.29 is 9.90 Å². The van der Waals surface area contributed by atoms with Gasteiger partial charge in [0, 0.05) is 0 Å². The molecule has 0 aromatic heterocycles. The lowest BCUT2D eigenvalue weighted by Crippen LogP contribution is -2.49. The molecule has 0 spiro atoms. The van der Waals surface area contributed by atoms with Crippen LogP contribution in [-0.4, -0.2) is 23.1 Å². The van der Waals surface area contributed by atoms with Gasteiger partial charge in [0.25, 0.3) is 0 Å². The molecule has 0 saturated heterocycles. The summed E-state index contributed by atoms with van der Waals surface area (Å²) in [4.78, 5) is 12.1. The Labute approximate surface area is 108 Å². The number of amides is 1. The Morgan fingerprint density at radius 3 is 2.50 bits per heavy atom. The Morgan fingerprint density at radius 1 is 1.33 bits per heavy atom. The van der Waals surface area contributed by atoms with E-state index in [1.54, 1.807) is 6.07 Å². The molecule has 0 atom stereocenters. The molecule has 0 bridgehead atoms. The van der Waals surface area contributed by atoms with Gasteiger partial charge in [0.2, 0.25) is 5.91 Å². The highest BCUT2D eigenvalue weighted by Crippen LogP contribution is 2.29. The number of benzene rings is 1. The van der Waals surface area contributed by atoms with E-state index in [2.05, 4.69) is 10.6 Å². The Bertz CT molecular complexity index is 453. The number of hydrogen-bond acceptors (Lipinski definition) is 3. The molecule has 3 N–H and O–H groups in total. The van der Waals surface area contributed by atoms with Crippen LogP contribution in [0.1, 0.15) is 31.9 Å². The zero-order chi connectivity index (χ0) is 13.9. The highest BCUT2D eigenvalue weighted by molar-refractivity contribution is 5.98. The maximum absolute atomic E-state index is 12.1. The van der Waals surface area contributed by atoms with Gasteiger partial charge in [-0.2, -0.15) is 0 Å². The van der Waals surface area contributed by atoms with Crippen molar-refractivity contribution in [1.82, 2.24) is 5.32 Å². The van der Waals surface area contributed by atoms with E-state index in [0.29, 0.717) is 12.2 Å². The van der Waals surface area contributed by atoms with Gasteiger partial charge in [-0.05, 0) is 51.4 Å². The minimum absolute atomic E-state index is 0.126. The second kappa shape index (κ2) is 5.40. The predicted octanol–water partition coefficient (Wildman–Crippen LogP) is 2.34. The minimum atomic E-state index is -0.668. The van der Waals surface area contributed by atoms with Gasteiger partial charge in [0.1, 0.15) is 5.75 Å². The third kappa shape index (κ3) is 3.23. The van der Waals surface area contributed by atoms with Crippen LogP contribution < -0.4 is 10.6 Å². The van der Waals surface area contributed by atoms with Gasteiger partial charge in [-0.15, -0.1) is 0 Å². The number of likely N-dealkylation sites (N-methyl/N-ethyl adjacent to an activating group) is 1. The van der Waals surface area contributed by atoms with Gasteiger partial charge in [-0.1, -0.05) is 13.0 Å². The van der Waals surface area contributed by atoms with Crippen LogP contribution in [0.5, 0.6) is 5.75 Å². The van der Waals surface area contributed by atoms with E-state index in [4.69, 9.17) is 0 Å². The van der Waals surface area contributed by atoms with Crippen LogP contribution >= 0.6 is 0 Å². The lowest BCUT2D eigenvalue weighted by atomic mass is 10.0. The van der Waals surface area contributed by atoms with E-state index in [9.17, 15) is 9.90 Å². The summed E-state index contributed by atoms with van der Waals surface area (Å²) < 4.78 is 0. The molecule has 0 aliphatic carbocycles. The fourth-order valence-electron chi connectivity index (χ4n) is 1.86. The zero-order valence-corrected chi connectivity index (χ0v) is 11.7. The second-order valence-corrected chi connectivity index (χ2v) is 5.09. The second-order valence-electron chi connectivity index (χ2n) is 5.09. The molecular formula is C14H22N2O2. The number of carbonyl (C=O) groups excluding carboxylic acids is 1. The molecule has 4 heteroatoms. The Hall–Kier alpha value is -1.55. The molecule has 1 rings (SSSR count). The summed E-state index contributed by atoms with van der Waals surface area (Å²) in [5.41, 5.74) is 1.55. The largest absolute Gasteiger partial charge is 0.505 e. The minimum Gasteiger partial charge on any atom is -0.505 e. The first kappa shape index (κ1) is 14.5. The van der Waals surface area contributed by atoms with Crippen molar-refractivity contribution in [3.8, 4) is 5.75 Å². The molecule has 18 heavy (non-hydrogen) atoms. The number of hydrogen-bond donors (Lipinski definition) is 3. The van der Waals surface area contributed by atoms with Crippen molar-refractivity contribution in [2.75, 3.05) is 11.9 Å². The lowest BCUT2D eigenvalue weighted by molar-refractivity contribution is -0.121. The van der Waals surface area contributed by atoms with Crippen molar-refractivity contribution in [2.24, 2.45) is 0 Å². The van der Waals surface area contributed by atoms with Crippen molar-refractivity contribution in [1.29, 1.82) is 0 Å². The SMILES string of the molecule is CCNC(C)(C)C(=O)Nc1cc(C)cc(C)c1O. The molecule has 0 aliphatic heterocycles. The quantitative estimate of drug-likeness (QED) is 0.719. The zero-order valence-electron chi connectivity index (χ0n) is 11.7. The van der Waals surface area contributed by atoms with E-state index >= 15 is 0 Å². The average Bonchev–Trinajstić information content (AvgIpc) is 2.25. The summed E-state index contributed by atoms with van der Waals surface area (Å²) in [5.74, 6) is -0.0362. The standard InChI is InChI=1S/C14H22N2O2/c1-6-15-14(4,5)13(18)16-11-8-9(2)7-10(3)12(11)17/h7-8,15,17H,6H2,1-5H3,(H,16,18). The molecule has 0 aliphatic rings. The molecule has 1 amide bonds. The Balaban J connectivity index is 2.95. The number of carbonyl (C=O) groups is 1. The van der Waals surface area contributed by atoms with Crippen LogP contribution in [0, 0.1) is 13.8 Å². The number of aromatic hydroxyl groups is 1. The first-order chi connectivity index (χ1) is 8.27. The first-order valence-corrected chi connectivity index (χ1v) is 6.14. The van der Waals surface area contributed by atoms with Gasteiger partial charge in [0.05, 0.1) is 11.2 Å². The van der Waals surface area contributed by atoms with Gasteiger partial charge in [0.15, 0.2) is 0 Å². The summed E-state index contributed by atoms with van der Waals surface area (Å²) in [6, 6.07) is 3.64. The third-order valence-electron chi connectivity index (χ3n) is 2.88. The first-order valence-electron chi connectivity index (χ1n) is 6.14. The number of phenols is 1. The molecule has 4 nitrogen and oxygen atoms in total. The van der Waals surface area contributed by atoms with E-state index in [1.165, 1.54) is 0 Å². The Morgan fingerprint density at radius 2 is 1.94 bits per heavy atom. The number of phenolic OH excluding ortho intramolecular Hbond substituents is 1. The highest BCUT2D eigenvalue weighted by Gasteiger charge is 2.26. The summed E-state index contributed by atoms with van der Waals surface area (Å²) in [6.07, 6.45) is 0. The average molecular weight is 250 g/mol. The van der Waals surface area contributed by atoms with Gasteiger partial charge >= 0.3 is 0 Å². The summed E-state index contributed by atoms with van der Waals surface area (Å²) >= 11 is 0. The number of nitrogens with one attached hydrogen (secondary N) is 2. The summed E-state index contributed by atoms with van der Waals surface area (Å²) in [6.45, 7) is 10.0. The predicted molar refractivity (Wildman–Crippen MR) is 74.0 cm³/mol. The van der Waals surface area contributed by atoms with Crippen LogP contribution in [-0.2, 0) is 4.79 Å². The van der Waals surface area contributed by atoms with Crippen molar-refractivity contribution >= 4 is 11.6 Å². The van der Waals surface area contributed by atoms with Gasteiger partial charge < -0.3 is 15.7 Å². The van der Waals surface area contributed by atoms with Crippen molar-refractivity contribution in [3.05, 3.63) is 23.3 Å². The molecule has 0 fully saturated rings. The topological polar surface area (TPSA) is 61.4 Å². The van der Waals surface area contributed by atoms with Crippen LogP contribution in [0.4, 0.5) is 5.69 Å². The van der Waals surface area contributed by atoms with Gasteiger partial charge in [-0.3, -0.25) is 4.79 Å². The molecule has 1 aromatic rings. The molecule has 100 valence electrons. The van der Waals surface area contributed by atoms with Crippen molar-refractivity contribution in [2.45, 2.75) is 40.2 Å².